The molecule has 1 amide bonds. The molecule has 0 aromatic heterocycles. The summed E-state index contributed by atoms with van der Waals surface area (Å²) in [5.74, 6) is -0.376. The first-order valence-corrected chi connectivity index (χ1v) is 7.12. The molecule has 2 rings (SSSR count). The second-order valence-electron chi connectivity index (χ2n) is 4.94. The van der Waals surface area contributed by atoms with Gasteiger partial charge in [0.1, 0.15) is 5.82 Å². The summed E-state index contributed by atoms with van der Waals surface area (Å²) in [4.78, 5) is 11.7. The minimum atomic E-state index is -0.262. The molecule has 4 nitrogen and oxygen atoms in total. The van der Waals surface area contributed by atoms with Gasteiger partial charge in [0.25, 0.3) is 0 Å². The maximum absolute atomic E-state index is 12.8. The number of halogens is 1. The summed E-state index contributed by atoms with van der Waals surface area (Å²) in [5, 5.41) is 14.9. The second-order valence-corrected chi connectivity index (χ2v) is 4.94. The van der Waals surface area contributed by atoms with Gasteiger partial charge in [0, 0.05) is 12.2 Å². The summed E-state index contributed by atoms with van der Waals surface area (Å²) in [6, 6.07) is 13.5. The number of carbonyl (C=O) groups is 1. The lowest BCUT2D eigenvalue weighted by Crippen LogP contribution is -2.31. The van der Waals surface area contributed by atoms with Crippen LogP contribution in [0.1, 0.15) is 11.1 Å². The molecule has 0 radical (unpaired) electrons. The van der Waals surface area contributed by atoms with Gasteiger partial charge in [0.05, 0.1) is 13.2 Å². The Labute approximate surface area is 129 Å². The summed E-state index contributed by atoms with van der Waals surface area (Å²) >= 11 is 0. The predicted molar refractivity (Wildman–Crippen MR) is 84.0 cm³/mol. The van der Waals surface area contributed by atoms with Crippen LogP contribution in [0.4, 0.5) is 10.1 Å². The first kappa shape index (κ1) is 16.0. The lowest BCUT2D eigenvalue weighted by Gasteiger charge is -2.09. The van der Waals surface area contributed by atoms with Crippen molar-refractivity contribution in [3.05, 3.63) is 65.5 Å². The van der Waals surface area contributed by atoms with E-state index >= 15 is 0 Å². The Morgan fingerprint density at radius 1 is 1.09 bits per heavy atom. The number of hydrogen-bond acceptors (Lipinski definition) is 3. The van der Waals surface area contributed by atoms with Crippen LogP contribution in [0, 0.1) is 5.82 Å². The zero-order valence-electron chi connectivity index (χ0n) is 12.2. The smallest absolute Gasteiger partial charge is 0.239 e. The third kappa shape index (κ3) is 5.18. The highest BCUT2D eigenvalue weighted by Crippen LogP contribution is 2.09. The van der Waals surface area contributed by atoms with Crippen LogP contribution in [0.3, 0.4) is 0 Å². The first-order chi connectivity index (χ1) is 10.7. The van der Waals surface area contributed by atoms with Crippen LogP contribution in [0.2, 0.25) is 0 Å². The second kappa shape index (κ2) is 8.14. The molecule has 0 atom stereocenters. The fraction of sp³-hybridized carbons (Fsp3) is 0.235. The molecule has 0 aliphatic carbocycles. The molecule has 116 valence electrons. The monoisotopic (exact) mass is 302 g/mol. The molecule has 0 saturated carbocycles. The molecule has 0 bridgehead atoms. The van der Waals surface area contributed by atoms with E-state index in [4.69, 9.17) is 5.11 Å². The molecule has 0 aliphatic rings. The number of carbonyl (C=O) groups excluding carboxylic acids is 1. The van der Waals surface area contributed by atoms with E-state index in [-0.39, 0.29) is 24.9 Å². The summed E-state index contributed by atoms with van der Waals surface area (Å²) in [7, 11) is 0. The zero-order chi connectivity index (χ0) is 15.8. The lowest BCUT2D eigenvalue weighted by molar-refractivity contribution is -0.119. The quantitative estimate of drug-likeness (QED) is 0.734. The number of aliphatic hydroxyl groups is 1. The number of hydrogen-bond donors (Lipinski definition) is 3. The highest BCUT2D eigenvalue weighted by Gasteiger charge is 2.02. The number of rotatable bonds is 7. The van der Waals surface area contributed by atoms with E-state index in [0.29, 0.717) is 13.0 Å². The van der Waals surface area contributed by atoms with E-state index in [1.807, 2.05) is 18.2 Å². The fourth-order valence-electron chi connectivity index (χ4n) is 2.02. The van der Waals surface area contributed by atoms with Gasteiger partial charge in [-0.25, -0.2) is 4.39 Å². The van der Waals surface area contributed by atoms with Gasteiger partial charge < -0.3 is 15.7 Å². The molecule has 3 N–H and O–H groups in total. The van der Waals surface area contributed by atoms with Crippen LogP contribution < -0.4 is 10.6 Å². The molecule has 0 saturated heterocycles. The lowest BCUT2D eigenvalue weighted by atomic mass is 10.1. The van der Waals surface area contributed by atoms with Crippen LogP contribution in [0.15, 0.2) is 48.5 Å². The van der Waals surface area contributed by atoms with Crippen LogP contribution >= 0.6 is 0 Å². The van der Waals surface area contributed by atoms with E-state index < -0.39 is 0 Å². The minimum absolute atomic E-state index is 0.0284. The SMILES string of the molecule is O=C(CNc1cccc(CO)c1)NCCc1ccc(F)cc1. The van der Waals surface area contributed by atoms with Gasteiger partial charge >= 0.3 is 0 Å². The predicted octanol–water partition coefficient (Wildman–Crippen LogP) is 2.09. The number of benzene rings is 2. The zero-order valence-corrected chi connectivity index (χ0v) is 12.2. The van der Waals surface area contributed by atoms with Gasteiger partial charge in [-0.05, 0) is 41.8 Å². The molecule has 22 heavy (non-hydrogen) atoms. The Kier molecular flexibility index (Phi) is 5.91. The topological polar surface area (TPSA) is 61.4 Å². The minimum Gasteiger partial charge on any atom is -0.392 e. The van der Waals surface area contributed by atoms with Crippen molar-refractivity contribution < 1.29 is 14.3 Å². The van der Waals surface area contributed by atoms with Crippen molar-refractivity contribution in [1.82, 2.24) is 5.32 Å². The Morgan fingerprint density at radius 2 is 1.86 bits per heavy atom. The van der Waals surface area contributed by atoms with Crippen molar-refractivity contribution in [2.75, 3.05) is 18.4 Å². The summed E-state index contributed by atoms with van der Waals surface area (Å²) in [6.07, 6.45) is 0.659. The van der Waals surface area contributed by atoms with Gasteiger partial charge in [-0.3, -0.25) is 4.79 Å². The van der Waals surface area contributed by atoms with Crippen LogP contribution in [0.5, 0.6) is 0 Å². The van der Waals surface area contributed by atoms with Gasteiger partial charge in [-0.2, -0.15) is 0 Å². The van der Waals surface area contributed by atoms with Gasteiger partial charge in [0.2, 0.25) is 5.91 Å². The maximum Gasteiger partial charge on any atom is 0.239 e. The van der Waals surface area contributed by atoms with Gasteiger partial charge in [-0.15, -0.1) is 0 Å². The van der Waals surface area contributed by atoms with Gasteiger partial charge in [-0.1, -0.05) is 24.3 Å². The van der Waals surface area contributed by atoms with Crippen molar-refractivity contribution in [3.63, 3.8) is 0 Å². The molecule has 0 fully saturated rings. The van der Waals surface area contributed by atoms with Crippen molar-refractivity contribution in [1.29, 1.82) is 0 Å². The number of anilines is 1. The molecule has 0 aliphatic heterocycles. The Bertz CT molecular complexity index is 614. The molecular weight excluding hydrogens is 283 g/mol. The highest BCUT2D eigenvalue weighted by molar-refractivity contribution is 5.80. The third-order valence-corrected chi connectivity index (χ3v) is 3.21. The van der Waals surface area contributed by atoms with Crippen molar-refractivity contribution in [2.45, 2.75) is 13.0 Å². The molecule has 0 spiro atoms. The Balaban J connectivity index is 1.70. The van der Waals surface area contributed by atoms with Crippen molar-refractivity contribution in [3.8, 4) is 0 Å². The van der Waals surface area contributed by atoms with Crippen LogP contribution in [-0.2, 0) is 17.8 Å². The summed E-state index contributed by atoms with van der Waals surface area (Å²) in [5.41, 5.74) is 2.56. The molecule has 5 heteroatoms. The van der Waals surface area contributed by atoms with Crippen LogP contribution in [-0.4, -0.2) is 24.1 Å². The normalized spacial score (nSPS) is 10.3. The molecule has 2 aromatic rings. The van der Waals surface area contributed by atoms with Gasteiger partial charge in [0.15, 0.2) is 0 Å². The van der Waals surface area contributed by atoms with Crippen molar-refractivity contribution in [2.24, 2.45) is 0 Å². The summed E-state index contributed by atoms with van der Waals surface area (Å²) < 4.78 is 12.8. The third-order valence-electron chi connectivity index (χ3n) is 3.21. The number of amides is 1. The van der Waals surface area contributed by atoms with E-state index in [9.17, 15) is 9.18 Å². The molecule has 0 heterocycles. The van der Waals surface area contributed by atoms with E-state index in [1.165, 1.54) is 12.1 Å². The first-order valence-electron chi connectivity index (χ1n) is 7.12. The molecule has 0 unspecified atom stereocenters. The van der Waals surface area contributed by atoms with Crippen LogP contribution in [0.25, 0.3) is 0 Å². The Hall–Kier alpha value is -2.40. The number of aliphatic hydroxyl groups excluding tert-OH is 1. The average molecular weight is 302 g/mol. The largest absolute Gasteiger partial charge is 0.392 e. The standard InChI is InChI=1S/C17H19FN2O2/c18-15-6-4-13(5-7-15)8-9-19-17(22)11-20-16-3-1-2-14(10-16)12-21/h1-7,10,20-21H,8-9,11-12H2,(H,19,22). The van der Waals surface area contributed by atoms with E-state index in [2.05, 4.69) is 10.6 Å². The maximum atomic E-state index is 12.8. The fourth-order valence-corrected chi connectivity index (χ4v) is 2.02. The van der Waals surface area contributed by atoms with E-state index in [0.717, 1.165) is 16.8 Å². The number of nitrogens with one attached hydrogen (secondary N) is 2. The van der Waals surface area contributed by atoms with E-state index in [1.54, 1.807) is 18.2 Å². The van der Waals surface area contributed by atoms with Crippen molar-refractivity contribution >= 4 is 11.6 Å². The average Bonchev–Trinajstić information content (AvgIpc) is 2.55. The molecular formula is C17H19FN2O2. The molecule has 2 aromatic carbocycles. The Morgan fingerprint density at radius 3 is 2.59 bits per heavy atom. The summed E-state index contributed by atoms with van der Waals surface area (Å²) in [6.45, 7) is 0.639. The highest BCUT2D eigenvalue weighted by atomic mass is 19.1.